The van der Waals surface area contributed by atoms with Crippen LogP contribution in [0.5, 0.6) is 0 Å². The van der Waals surface area contributed by atoms with Gasteiger partial charge in [0.1, 0.15) is 12.2 Å². The minimum absolute atomic E-state index is 0.000760. The van der Waals surface area contributed by atoms with Gasteiger partial charge in [0.2, 0.25) is 0 Å². The Morgan fingerprint density at radius 3 is 1.57 bits per heavy atom. The van der Waals surface area contributed by atoms with E-state index in [1.165, 1.54) is 31.2 Å². The lowest BCUT2D eigenvalue weighted by atomic mass is 9.81. The third-order valence-corrected chi connectivity index (χ3v) is 7.40. The fourth-order valence-electron chi connectivity index (χ4n) is 2.72. The van der Waals surface area contributed by atoms with Gasteiger partial charge in [-0.25, -0.2) is 0 Å². The first-order valence-corrected chi connectivity index (χ1v) is 11.8. The van der Waals surface area contributed by atoms with E-state index in [1.54, 1.807) is 36.4 Å². The first-order valence-electron chi connectivity index (χ1n) is 8.96. The molecule has 0 N–H and O–H groups in total. The topological polar surface area (TPSA) is 86.7 Å². The Balaban J connectivity index is 2.33. The minimum Gasteiger partial charge on any atom is -0.260 e. The van der Waals surface area contributed by atoms with Crippen LogP contribution >= 0.6 is 0 Å². The van der Waals surface area contributed by atoms with Gasteiger partial charge in [-0.3, -0.25) is 8.37 Å². The summed E-state index contributed by atoms with van der Waals surface area (Å²) in [7, 11) is -8.16. The summed E-state index contributed by atoms with van der Waals surface area (Å²) in [4.78, 5) is 0.00541. The smallest absolute Gasteiger partial charge is 0.260 e. The molecule has 0 heterocycles. The molecule has 0 aromatic heterocycles. The number of hydrogen-bond donors (Lipinski definition) is 0. The summed E-state index contributed by atoms with van der Waals surface area (Å²) in [5, 5.41) is 0. The maximum absolute atomic E-state index is 12.7. The molecule has 2 atom stereocenters. The van der Waals surface area contributed by atoms with E-state index in [1.807, 2.05) is 20.8 Å². The highest BCUT2D eigenvalue weighted by Gasteiger charge is 2.40. The third kappa shape index (κ3) is 5.41. The maximum atomic E-state index is 12.7. The van der Waals surface area contributed by atoms with Gasteiger partial charge in [0.05, 0.1) is 9.79 Å². The maximum Gasteiger partial charge on any atom is 0.297 e. The molecule has 0 radical (unpaired) electrons. The molecule has 0 aliphatic heterocycles. The molecule has 2 unspecified atom stereocenters. The molecule has 2 rings (SSSR count). The highest BCUT2D eigenvalue weighted by Crippen LogP contribution is 2.34. The summed E-state index contributed by atoms with van der Waals surface area (Å²) in [6.45, 7) is 7.01. The molecule has 2 aromatic carbocycles. The Hall–Kier alpha value is -1.74. The summed E-state index contributed by atoms with van der Waals surface area (Å²) < 4.78 is 61.4. The van der Waals surface area contributed by atoms with Crippen LogP contribution in [0.3, 0.4) is 0 Å². The molecule has 0 saturated carbocycles. The molecular formula is C20H26O6S2. The van der Waals surface area contributed by atoms with Crippen LogP contribution in [0.4, 0.5) is 0 Å². The quantitative estimate of drug-likeness (QED) is 0.564. The van der Waals surface area contributed by atoms with Crippen molar-refractivity contribution in [3.05, 3.63) is 60.7 Å². The van der Waals surface area contributed by atoms with Crippen LogP contribution in [0, 0.1) is 5.41 Å². The van der Waals surface area contributed by atoms with Crippen molar-refractivity contribution in [3.8, 4) is 0 Å². The van der Waals surface area contributed by atoms with E-state index in [4.69, 9.17) is 8.37 Å². The van der Waals surface area contributed by atoms with Crippen LogP contribution in [0.15, 0.2) is 70.5 Å². The molecule has 0 amide bonds. The summed E-state index contributed by atoms with van der Waals surface area (Å²) in [6, 6.07) is 15.5. The van der Waals surface area contributed by atoms with Crippen LogP contribution in [-0.4, -0.2) is 29.0 Å². The fraction of sp³-hybridized carbons (Fsp3) is 0.400. The van der Waals surface area contributed by atoms with E-state index >= 15 is 0 Å². The van der Waals surface area contributed by atoms with Gasteiger partial charge in [-0.05, 0) is 43.0 Å². The SMILES string of the molecule is CCC(C)(C)C(OS(=O)(=O)c1ccccc1)C(C)OS(=O)(=O)c1ccccc1. The molecule has 0 bridgehead atoms. The zero-order valence-corrected chi connectivity index (χ0v) is 18.0. The molecule has 28 heavy (non-hydrogen) atoms. The van der Waals surface area contributed by atoms with Crippen molar-refractivity contribution in [2.75, 3.05) is 0 Å². The second-order valence-corrected chi connectivity index (χ2v) is 10.3. The van der Waals surface area contributed by atoms with Gasteiger partial charge >= 0.3 is 0 Å². The summed E-state index contributed by atoms with van der Waals surface area (Å²) in [5.74, 6) is 0. The highest BCUT2D eigenvalue weighted by molar-refractivity contribution is 7.87. The molecule has 0 fully saturated rings. The van der Waals surface area contributed by atoms with E-state index in [-0.39, 0.29) is 9.79 Å². The van der Waals surface area contributed by atoms with Gasteiger partial charge < -0.3 is 0 Å². The van der Waals surface area contributed by atoms with Crippen LogP contribution in [0.25, 0.3) is 0 Å². The Morgan fingerprint density at radius 2 is 1.18 bits per heavy atom. The average Bonchev–Trinajstić information content (AvgIpc) is 2.67. The zero-order valence-electron chi connectivity index (χ0n) is 16.4. The molecule has 8 heteroatoms. The Kier molecular flexibility index (Phi) is 7.03. The predicted octanol–water partition coefficient (Wildman–Crippen LogP) is 3.99. The van der Waals surface area contributed by atoms with E-state index in [0.29, 0.717) is 6.42 Å². The summed E-state index contributed by atoms with van der Waals surface area (Å²) >= 11 is 0. The Morgan fingerprint density at radius 1 is 0.786 bits per heavy atom. The molecule has 2 aromatic rings. The second kappa shape index (κ2) is 8.73. The second-order valence-electron chi connectivity index (χ2n) is 7.19. The average molecular weight is 427 g/mol. The largest absolute Gasteiger partial charge is 0.297 e. The third-order valence-electron chi connectivity index (χ3n) is 4.68. The van der Waals surface area contributed by atoms with Crippen molar-refractivity contribution >= 4 is 20.2 Å². The normalized spacial score (nSPS) is 15.1. The first-order chi connectivity index (χ1) is 13.0. The Labute approximate surface area is 167 Å². The number of benzene rings is 2. The van der Waals surface area contributed by atoms with Gasteiger partial charge in [-0.2, -0.15) is 16.8 Å². The zero-order chi connectivity index (χ0) is 21.0. The van der Waals surface area contributed by atoms with Crippen molar-refractivity contribution in [2.24, 2.45) is 5.41 Å². The number of rotatable bonds is 9. The molecule has 6 nitrogen and oxygen atoms in total. The van der Waals surface area contributed by atoms with Crippen molar-refractivity contribution in [1.29, 1.82) is 0 Å². The lowest BCUT2D eigenvalue weighted by molar-refractivity contribution is -0.00826. The van der Waals surface area contributed by atoms with Crippen LogP contribution in [-0.2, 0) is 28.6 Å². The molecule has 154 valence electrons. The molecule has 0 saturated heterocycles. The van der Waals surface area contributed by atoms with E-state index in [2.05, 4.69) is 0 Å². The summed E-state index contributed by atoms with van der Waals surface area (Å²) in [5.41, 5.74) is -0.659. The van der Waals surface area contributed by atoms with Crippen LogP contribution in [0.1, 0.15) is 34.1 Å². The van der Waals surface area contributed by atoms with Crippen molar-refractivity contribution < 1.29 is 25.2 Å². The van der Waals surface area contributed by atoms with E-state index in [0.717, 1.165) is 0 Å². The van der Waals surface area contributed by atoms with Crippen LogP contribution < -0.4 is 0 Å². The summed E-state index contributed by atoms with van der Waals surface area (Å²) in [6.07, 6.45) is -1.49. The number of hydrogen-bond acceptors (Lipinski definition) is 6. The van der Waals surface area contributed by atoms with Gasteiger partial charge in [-0.15, -0.1) is 0 Å². The van der Waals surface area contributed by atoms with Crippen molar-refractivity contribution in [3.63, 3.8) is 0 Å². The van der Waals surface area contributed by atoms with Gasteiger partial charge in [0.25, 0.3) is 20.2 Å². The lowest BCUT2D eigenvalue weighted by Gasteiger charge is -2.36. The minimum atomic E-state index is -4.09. The van der Waals surface area contributed by atoms with Gasteiger partial charge in [0, 0.05) is 0 Å². The van der Waals surface area contributed by atoms with Gasteiger partial charge in [0.15, 0.2) is 0 Å². The van der Waals surface area contributed by atoms with E-state index < -0.39 is 37.9 Å². The molecular weight excluding hydrogens is 400 g/mol. The van der Waals surface area contributed by atoms with Gasteiger partial charge in [-0.1, -0.05) is 57.2 Å². The van der Waals surface area contributed by atoms with Crippen molar-refractivity contribution in [1.82, 2.24) is 0 Å². The Bertz CT molecular complexity index is 968. The predicted molar refractivity (Wildman–Crippen MR) is 107 cm³/mol. The first kappa shape index (κ1) is 22.5. The molecule has 0 aliphatic rings. The monoisotopic (exact) mass is 426 g/mol. The van der Waals surface area contributed by atoms with E-state index in [9.17, 15) is 16.8 Å². The molecule has 0 aliphatic carbocycles. The van der Waals surface area contributed by atoms with Crippen LogP contribution in [0.2, 0.25) is 0 Å². The standard InChI is InChI=1S/C20H26O6S2/c1-5-20(3,4)19(26-28(23,24)18-14-10-7-11-15-18)16(2)25-27(21,22)17-12-8-6-9-13-17/h6-16,19H,5H2,1-4H3. The lowest BCUT2D eigenvalue weighted by Crippen LogP contribution is -2.43. The highest BCUT2D eigenvalue weighted by atomic mass is 32.2. The fourth-order valence-corrected chi connectivity index (χ4v) is 5.11. The van der Waals surface area contributed by atoms with Crippen molar-refractivity contribution in [2.45, 2.75) is 56.1 Å². The molecule has 0 spiro atoms.